The molecule has 2 aromatic carbocycles. The molecule has 0 atom stereocenters. The molecular weight excluding hydrogens is 316 g/mol. The molecule has 0 spiro atoms. The quantitative estimate of drug-likeness (QED) is 0.417. The summed E-state index contributed by atoms with van der Waals surface area (Å²) < 4.78 is 9.88. The van der Waals surface area contributed by atoms with Crippen LogP contribution in [0.1, 0.15) is 11.1 Å². The van der Waals surface area contributed by atoms with Crippen molar-refractivity contribution in [2.75, 3.05) is 32.6 Å². The third-order valence-electron chi connectivity index (χ3n) is 3.65. The van der Waals surface area contributed by atoms with E-state index in [1.54, 1.807) is 13.2 Å². The smallest absolute Gasteiger partial charge is 0.330 e. The van der Waals surface area contributed by atoms with Crippen molar-refractivity contribution in [2.24, 2.45) is 0 Å². The van der Waals surface area contributed by atoms with E-state index < -0.39 is 0 Å². The molecule has 25 heavy (non-hydrogen) atoms. The molecule has 0 fully saturated rings. The van der Waals surface area contributed by atoms with Gasteiger partial charge in [-0.05, 0) is 29.3 Å². The van der Waals surface area contributed by atoms with Gasteiger partial charge in [-0.15, -0.1) is 0 Å². The number of rotatable bonds is 9. The molecule has 5 heteroatoms. The van der Waals surface area contributed by atoms with Gasteiger partial charge in [0.15, 0.2) is 0 Å². The van der Waals surface area contributed by atoms with E-state index in [-0.39, 0.29) is 5.97 Å². The van der Waals surface area contributed by atoms with E-state index in [1.807, 2.05) is 48.5 Å². The minimum absolute atomic E-state index is 0.353. The summed E-state index contributed by atoms with van der Waals surface area (Å²) in [6.45, 7) is 2.43. The van der Waals surface area contributed by atoms with Gasteiger partial charge in [0.25, 0.3) is 0 Å². The van der Waals surface area contributed by atoms with Gasteiger partial charge in [0.05, 0.1) is 19.9 Å². The van der Waals surface area contributed by atoms with E-state index in [4.69, 9.17) is 4.74 Å². The molecule has 2 rings (SSSR count). The predicted molar refractivity (Wildman–Crippen MR) is 101 cm³/mol. The highest BCUT2D eigenvalue weighted by Crippen LogP contribution is 2.22. The summed E-state index contributed by atoms with van der Waals surface area (Å²) >= 11 is 0. The summed E-state index contributed by atoms with van der Waals surface area (Å²) in [6, 6.07) is 15.9. The maximum Gasteiger partial charge on any atom is 0.330 e. The first-order valence-electron chi connectivity index (χ1n) is 8.15. The molecule has 0 saturated heterocycles. The monoisotopic (exact) mass is 340 g/mol. The Hall–Kier alpha value is -2.79. The maximum absolute atomic E-state index is 11.1. The number of carbonyl (C=O) groups excluding carboxylic acids is 1. The van der Waals surface area contributed by atoms with Crippen molar-refractivity contribution in [1.82, 2.24) is 5.32 Å². The zero-order valence-corrected chi connectivity index (χ0v) is 14.6. The first kappa shape index (κ1) is 18.5. The topological polar surface area (TPSA) is 59.6 Å². The van der Waals surface area contributed by atoms with Crippen LogP contribution in [0.4, 0.5) is 5.69 Å². The second kappa shape index (κ2) is 10.2. The van der Waals surface area contributed by atoms with Crippen molar-refractivity contribution in [3.8, 4) is 5.75 Å². The van der Waals surface area contributed by atoms with Crippen LogP contribution in [0.15, 0.2) is 54.6 Å². The Kier molecular flexibility index (Phi) is 7.53. The number of carbonyl (C=O) groups is 1. The van der Waals surface area contributed by atoms with Gasteiger partial charge in [-0.2, -0.15) is 0 Å². The van der Waals surface area contributed by atoms with Crippen LogP contribution in [0, 0.1) is 0 Å². The van der Waals surface area contributed by atoms with Gasteiger partial charge in [0.1, 0.15) is 5.75 Å². The zero-order chi connectivity index (χ0) is 17.9. The zero-order valence-electron chi connectivity index (χ0n) is 14.6. The molecule has 0 unspecified atom stereocenters. The highest BCUT2D eigenvalue weighted by molar-refractivity contribution is 5.86. The van der Waals surface area contributed by atoms with Crippen molar-refractivity contribution >= 4 is 17.7 Å². The lowest BCUT2D eigenvalue weighted by Crippen LogP contribution is -2.21. The van der Waals surface area contributed by atoms with E-state index in [0.29, 0.717) is 0 Å². The molecule has 0 heterocycles. The lowest BCUT2D eigenvalue weighted by Gasteiger charge is -2.11. The molecular formula is C20H24N2O3. The summed E-state index contributed by atoms with van der Waals surface area (Å²) in [4.78, 5) is 11.1. The molecule has 5 nitrogen and oxygen atoms in total. The van der Waals surface area contributed by atoms with E-state index >= 15 is 0 Å². The van der Waals surface area contributed by atoms with Gasteiger partial charge in [-0.3, -0.25) is 0 Å². The van der Waals surface area contributed by atoms with Crippen molar-refractivity contribution in [3.63, 3.8) is 0 Å². The molecule has 0 amide bonds. The summed E-state index contributed by atoms with van der Waals surface area (Å²) in [5.74, 6) is 0.492. The fourth-order valence-electron chi connectivity index (χ4n) is 2.29. The highest BCUT2D eigenvalue weighted by atomic mass is 16.5. The van der Waals surface area contributed by atoms with E-state index in [1.165, 1.54) is 18.7 Å². The molecule has 0 aromatic heterocycles. The maximum atomic E-state index is 11.1. The van der Waals surface area contributed by atoms with Crippen LogP contribution in [0.5, 0.6) is 5.75 Å². The van der Waals surface area contributed by atoms with Crippen molar-refractivity contribution < 1.29 is 14.3 Å². The Bertz CT molecular complexity index is 696. The van der Waals surface area contributed by atoms with Crippen LogP contribution in [0.3, 0.4) is 0 Å². The first-order chi connectivity index (χ1) is 12.2. The fourth-order valence-corrected chi connectivity index (χ4v) is 2.29. The summed E-state index contributed by atoms with van der Waals surface area (Å²) in [5.41, 5.74) is 3.15. The summed E-state index contributed by atoms with van der Waals surface area (Å²) in [5, 5.41) is 6.74. The standard InChI is InChI=1S/C20H24N2O3/c1-24-19-6-4-3-5-18(19)22-14-13-21-15-17-9-7-16(8-10-17)11-12-20(23)25-2/h3-12,21-22H,13-15H2,1-2H3/b12-11+. The number of methoxy groups -OCH3 is 2. The molecule has 0 bridgehead atoms. The number of benzene rings is 2. The third kappa shape index (κ3) is 6.31. The minimum atomic E-state index is -0.353. The lowest BCUT2D eigenvalue weighted by molar-refractivity contribution is -0.134. The van der Waals surface area contributed by atoms with E-state index in [2.05, 4.69) is 15.4 Å². The lowest BCUT2D eigenvalue weighted by atomic mass is 10.1. The largest absolute Gasteiger partial charge is 0.495 e. The van der Waals surface area contributed by atoms with Crippen molar-refractivity contribution in [2.45, 2.75) is 6.54 Å². The second-order valence-corrected chi connectivity index (χ2v) is 5.40. The molecule has 0 saturated carbocycles. The van der Waals surface area contributed by atoms with Crippen molar-refractivity contribution in [3.05, 3.63) is 65.7 Å². The molecule has 0 aliphatic carbocycles. The van der Waals surface area contributed by atoms with Crippen LogP contribution in [0.25, 0.3) is 6.08 Å². The molecule has 0 aliphatic rings. The van der Waals surface area contributed by atoms with Crippen LogP contribution in [-0.2, 0) is 16.1 Å². The number of esters is 1. The van der Waals surface area contributed by atoms with Crippen LogP contribution >= 0.6 is 0 Å². The average molecular weight is 340 g/mol. The Morgan fingerprint density at radius 3 is 2.52 bits per heavy atom. The number of ether oxygens (including phenoxy) is 2. The van der Waals surface area contributed by atoms with E-state index in [9.17, 15) is 4.79 Å². The van der Waals surface area contributed by atoms with Crippen LogP contribution in [0.2, 0.25) is 0 Å². The predicted octanol–water partition coefficient (Wildman–Crippen LogP) is 3.08. The van der Waals surface area contributed by atoms with Gasteiger partial charge in [-0.1, -0.05) is 36.4 Å². The molecule has 0 radical (unpaired) electrons. The number of anilines is 1. The van der Waals surface area contributed by atoms with Gasteiger partial charge in [0.2, 0.25) is 0 Å². The number of hydrogen-bond donors (Lipinski definition) is 2. The Morgan fingerprint density at radius 2 is 1.80 bits per heavy atom. The van der Waals surface area contributed by atoms with Crippen molar-refractivity contribution in [1.29, 1.82) is 0 Å². The number of para-hydroxylation sites is 2. The molecule has 132 valence electrons. The summed E-state index contributed by atoms with van der Waals surface area (Å²) in [6.07, 6.45) is 3.15. The molecule has 0 aliphatic heterocycles. The number of hydrogen-bond acceptors (Lipinski definition) is 5. The fraction of sp³-hybridized carbons (Fsp3) is 0.250. The minimum Gasteiger partial charge on any atom is -0.495 e. The molecule has 2 N–H and O–H groups in total. The first-order valence-corrected chi connectivity index (χ1v) is 8.15. The average Bonchev–Trinajstić information content (AvgIpc) is 2.67. The van der Waals surface area contributed by atoms with Gasteiger partial charge < -0.3 is 20.1 Å². The van der Waals surface area contributed by atoms with E-state index in [0.717, 1.165) is 36.6 Å². The number of nitrogens with one attached hydrogen (secondary N) is 2. The third-order valence-corrected chi connectivity index (χ3v) is 3.65. The van der Waals surface area contributed by atoms with Gasteiger partial charge in [-0.25, -0.2) is 4.79 Å². The normalized spacial score (nSPS) is 10.6. The SMILES string of the molecule is COC(=O)/C=C/c1ccc(CNCCNc2ccccc2OC)cc1. The highest BCUT2D eigenvalue weighted by Gasteiger charge is 2.00. The second-order valence-electron chi connectivity index (χ2n) is 5.40. The van der Waals surface area contributed by atoms with Gasteiger partial charge >= 0.3 is 5.97 Å². The summed E-state index contributed by atoms with van der Waals surface area (Å²) in [7, 11) is 3.03. The Morgan fingerprint density at radius 1 is 1.04 bits per heavy atom. The molecule has 2 aromatic rings. The van der Waals surface area contributed by atoms with Crippen LogP contribution in [-0.4, -0.2) is 33.3 Å². The van der Waals surface area contributed by atoms with Crippen LogP contribution < -0.4 is 15.4 Å². The Balaban J connectivity index is 1.71. The Labute approximate surface area is 148 Å². The van der Waals surface area contributed by atoms with Gasteiger partial charge in [0, 0.05) is 25.7 Å².